The number of carbonyl (C=O) groups excluding carboxylic acids is 1. The number of piperidine rings is 1. The van der Waals surface area contributed by atoms with Gasteiger partial charge in [-0.05, 0) is 98.3 Å². The van der Waals surface area contributed by atoms with E-state index in [2.05, 4.69) is 6.92 Å². The Hall–Kier alpha value is -2.03. The zero-order valence-corrected chi connectivity index (χ0v) is 23.3. The highest BCUT2D eigenvalue weighted by molar-refractivity contribution is 6.34. The van der Waals surface area contributed by atoms with E-state index in [1.165, 1.54) is 29.2 Å². The molecule has 5 rings (SSSR count). The molecule has 2 saturated heterocycles. The maximum absolute atomic E-state index is 15.1. The molecular weight excluding hydrogens is 555 g/mol. The Morgan fingerprint density at radius 1 is 1.00 bits per heavy atom. The number of hydrogen-bond donors (Lipinski definition) is 0. The standard InChI is InChI=1S/C29H32Cl2F4N2O2/c1-17-4-7-37(15-17)28(38)24-13-23(19-2-3-19)26(14-25(24)32)39-16-18-5-8-36(9-6-18)27(29(33,34)35)20-10-21(30)12-22(31)11-20/h10-14,17-19,27H,2-9,15-16H2,1H3. The second-order valence-corrected chi connectivity index (χ2v) is 12.1. The average molecular weight is 587 g/mol. The lowest BCUT2D eigenvalue weighted by atomic mass is 9.94. The monoisotopic (exact) mass is 586 g/mol. The van der Waals surface area contributed by atoms with E-state index < -0.39 is 18.0 Å². The summed E-state index contributed by atoms with van der Waals surface area (Å²) in [7, 11) is 0. The number of nitrogens with zero attached hydrogens (tertiary/aromatic N) is 2. The van der Waals surface area contributed by atoms with E-state index in [1.807, 2.05) is 0 Å². The van der Waals surface area contributed by atoms with E-state index in [4.69, 9.17) is 27.9 Å². The number of carbonyl (C=O) groups is 1. The molecule has 10 heteroatoms. The smallest absolute Gasteiger partial charge is 0.408 e. The molecule has 2 aliphatic heterocycles. The van der Waals surface area contributed by atoms with Crippen molar-refractivity contribution in [2.75, 3.05) is 32.8 Å². The molecular formula is C29H32Cl2F4N2O2. The number of rotatable bonds is 7. The van der Waals surface area contributed by atoms with Crippen LogP contribution in [0.25, 0.3) is 0 Å². The molecule has 2 aromatic carbocycles. The Morgan fingerprint density at radius 2 is 1.67 bits per heavy atom. The van der Waals surface area contributed by atoms with Crippen LogP contribution < -0.4 is 4.74 Å². The van der Waals surface area contributed by atoms with Crippen molar-refractivity contribution in [1.29, 1.82) is 0 Å². The van der Waals surface area contributed by atoms with E-state index in [9.17, 15) is 18.0 Å². The topological polar surface area (TPSA) is 32.8 Å². The summed E-state index contributed by atoms with van der Waals surface area (Å²) in [4.78, 5) is 16.1. The van der Waals surface area contributed by atoms with Crippen LogP contribution in [0.5, 0.6) is 5.75 Å². The van der Waals surface area contributed by atoms with Gasteiger partial charge in [0.25, 0.3) is 5.91 Å². The summed E-state index contributed by atoms with van der Waals surface area (Å²) in [5.74, 6) is 0.234. The first-order valence-corrected chi connectivity index (χ1v) is 14.3. The molecule has 1 saturated carbocycles. The third-order valence-electron chi connectivity index (χ3n) is 8.06. The molecule has 2 heterocycles. The Kier molecular flexibility index (Phi) is 8.37. The molecule has 39 heavy (non-hydrogen) atoms. The third kappa shape index (κ3) is 6.66. The minimum Gasteiger partial charge on any atom is -0.493 e. The third-order valence-corrected chi connectivity index (χ3v) is 8.49. The summed E-state index contributed by atoms with van der Waals surface area (Å²) in [5, 5.41) is 0.327. The molecule has 212 valence electrons. The van der Waals surface area contributed by atoms with Gasteiger partial charge in [-0.25, -0.2) is 4.39 Å². The zero-order chi connectivity index (χ0) is 27.9. The second kappa shape index (κ2) is 11.5. The molecule has 0 N–H and O–H groups in total. The number of ether oxygens (including phenoxy) is 1. The molecule has 3 fully saturated rings. The van der Waals surface area contributed by atoms with Gasteiger partial charge < -0.3 is 9.64 Å². The van der Waals surface area contributed by atoms with Crippen LogP contribution in [0.1, 0.15) is 72.5 Å². The van der Waals surface area contributed by atoms with Gasteiger partial charge >= 0.3 is 6.18 Å². The summed E-state index contributed by atoms with van der Waals surface area (Å²) in [6, 6.07) is 5.21. The van der Waals surface area contributed by atoms with Crippen molar-refractivity contribution in [1.82, 2.24) is 9.80 Å². The van der Waals surface area contributed by atoms with Crippen molar-refractivity contribution in [3.63, 3.8) is 0 Å². The molecule has 2 atom stereocenters. The number of hydrogen-bond acceptors (Lipinski definition) is 3. The van der Waals surface area contributed by atoms with E-state index >= 15 is 4.39 Å². The molecule has 0 radical (unpaired) electrons. The predicted octanol–water partition coefficient (Wildman–Crippen LogP) is 7.89. The van der Waals surface area contributed by atoms with Crippen molar-refractivity contribution in [3.8, 4) is 5.75 Å². The van der Waals surface area contributed by atoms with Crippen LogP contribution in [0.15, 0.2) is 30.3 Å². The Bertz CT molecular complexity index is 1190. The summed E-state index contributed by atoms with van der Waals surface area (Å²) in [6.45, 7) is 4.09. The fourth-order valence-corrected chi connectivity index (χ4v) is 6.33. The molecule has 0 aromatic heterocycles. The summed E-state index contributed by atoms with van der Waals surface area (Å²) in [5.41, 5.74) is 0.961. The molecule has 2 unspecified atom stereocenters. The van der Waals surface area contributed by atoms with Crippen molar-refractivity contribution < 1.29 is 27.1 Å². The number of alkyl halides is 3. The van der Waals surface area contributed by atoms with Crippen molar-refractivity contribution in [3.05, 3.63) is 62.9 Å². The zero-order valence-electron chi connectivity index (χ0n) is 21.7. The average Bonchev–Trinajstić information content (AvgIpc) is 3.61. The molecule has 0 spiro atoms. The fraction of sp³-hybridized carbons (Fsp3) is 0.552. The largest absolute Gasteiger partial charge is 0.493 e. The first kappa shape index (κ1) is 28.5. The van der Waals surface area contributed by atoms with Crippen LogP contribution in [-0.4, -0.2) is 54.7 Å². The highest BCUT2D eigenvalue weighted by atomic mass is 35.5. The number of likely N-dealkylation sites (tertiary alicyclic amines) is 2. The van der Waals surface area contributed by atoms with E-state index in [0.29, 0.717) is 37.6 Å². The number of amides is 1. The van der Waals surface area contributed by atoms with Crippen LogP contribution >= 0.6 is 23.2 Å². The second-order valence-electron chi connectivity index (χ2n) is 11.2. The van der Waals surface area contributed by atoms with Gasteiger partial charge in [-0.1, -0.05) is 30.1 Å². The molecule has 0 bridgehead atoms. The summed E-state index contributed by atoms with van der Waals surface area (Å²) in [6.07, 6.45) is -0.639. The predicted molar refractivity (Wildman–Crippen MR) is 143 cm³/mol. The lowest BCUT2D eigenvalue weighted by Crippen LogP contribution is -2.43. The van der Waals surface area contributed by atoms with Gasteiger partial charge in [-0.3, -0.25) is 9.69 Å². The SMILES string of the molecule is CC1CCN(C(=O)c2cc(C3CC3)c(OCC3CCN(C(c4cc(Cl)cc(Cl)c4)C(F)(F)F)CC3)cc2F)C1. The molecule has 1 aliphatic carbocycles. The maximum atomic E-state index is 15.1. The molecule has 2 aromatic rings. The summed E-state index contributed by atoms with van der Waals surface area (Å²) >= 11 is 12.0. The first-order valence-electron chi connectivity index (χ1n) is 13.5. The van der Waals surface area contributed by atoms with Crippen molar-refractivity contribution in [2.45, 2.75) is 57.2 Å². The molecule has 3 aliphatic rings. The lowest BCUT2D eigenvalue weighted by Gasteiger charge is -2.38. The quantitative estimate of drug-likeness (QED) is 0.309. The van der Waals surface area contributed by atoms with Crippen molar-refractivity contribution in [2.24, 2.45) is 11.8 Å². The van der Waals surface area contributed by atoms with Gasteiger partial charge in [0.1, 0.15) is 17.6 Å². The van der Waals surface area contributed by atoms with Crippen LogP contribution in [0.2, 0.25) is 10.0 Å². The molecule has 4 nitrogen and oxygen atoms in total. The Balaban J connectivity index is 1.24. The van der Waals surface area contributed by atoms with Crippen LogP contribution in [0.3, 0.4) is 0 Å². The van der Waals surface area contributed by atoms with Gasteiger partial charge in [0.2, 0.25) is 0 Å². The minimum atomic E-state index is -4.49. The number of halogens is 6. The van der Waals surface area contributed by atoms with Crippen molar-refractivity contribution >= 4 is 29.1 Å². The minimum absolute atomic E-state index is 0.0253. The van der Waals surface area contributed by atoms with Gasteiger partial charge in [-0.2, -0.15) is 13.2 Å². The number of benzene rings is 2. The first-order chi connectivity index (χ1) is 18.5. The van der Waals surface area contributed by atoms with Crippen LogP contribution in [0.4, 0.5) is 17.6 Å². The van der Waals surface area contributed by atoms with Gasteiger partial charge in [0.15, 0.2) is 0 Å². The lowest BCUT2D eigenvalue weighted by molar-refractivity contribution is -0.190. The van der Waals surface area contributed by atoms with E-state index in [0.717, 1.165) is 24.8 Å². The van der Waals surface area contributed by atoms with E-state index in [-0.39, 0.29) is 58.6 Å². The van der Waals surface area contributed by atoms with Gasteiger partial charge in [0, 0.05) is 29.2 Å². The fourth-order valence-electron chi connectivity index (χ4n) is 5.79. The van der Waals surface area contributed by atoms with Crippen LogP contribution in [-0.2, 0) is 0 Å². The van der Waals surface area contributed by atoms with Gasteiger partial charge in [-0.15, -0.1) is 0 Å². The Labute approximate surface area is 236 Å². The highest BCUT2D eigenvalue weighted by Gasteiger charge is 2.45. The maximum Gasteiger partial charge on any atom is 0.408 e. The Morgan fingerprint density at radius 3 is 2.23 bits per heavy atom. The summed E-state index contributed by atoms with van der Waals surface area (Å²) < 4.78 is 63.4. The molecule has 1 amide bonds. The highest BCUT2D eigenvalue weighted by Crippen LogP contribution is 2.46. The van der Waals surface area contributed by atoms with Crippen LogP contribution in [0, 0.1) is 17.7 Å². The van der Waals surface area contributed by atoms with Gasteiger partial charge in [0.05, 0.1) is 12.2 Å². The normalized spacial score (nSPS) is 21.8. The van der Waals surface area contributed by atoms with E-state index in [1.54, 1.807) is 11.0 Å².